The van der Waals surface area contributed by atoms with E-state index in [1.165, 1.54) is 11.8 Å². The van der Waals surface area contributed by atoms with E-state index in [4.69, 9.17) is 5.14 Å². The highest BCUT2D eigenvalue weighted by Crippen LogP contribution is 2.49. The Morgan fingerprint density at radius 1 is 1.39 bits per heavy atom. The van der Waals surface area contributed by atoms with Gasteiger partial charge in [-0.1, -0.05) is 0 Å². The van der Waals surface area contributed by atoms with E-state index in [1.54, 1.807) is 20.9 Å². The van der Waals surface area contributed by atoms with Gasteiger partial charge in [0, 0.05) is 12.5 Å². The van der Waals surface area contributed by atoms with Gasteiger partial charge in [0.15, 0.2) is 0 Å². The van der Waals surface area contributed by atoms with E-state index in [-0.39, 0.29) is 23.3 Å². The smallest absolute Gasteiger partial charge is 0.241 e. The monoisotopic (exact) mass is 352 g/mol. The Kier molecular flexibility index (Phi) is 3.33. The first-order valence-corrected chi connectivity index (χ1v) is 9.82. The second kappa shape index (κ2) is 5.15. The Hall–Kier alpha value is -1.71. The molecule has 2 aromatic rings. The first-order chi connectivity index (χ1) is 10.9. The standard InChI is InChI=1S/C14H16N4O3S2/c15-23(20,21)13-6-16-18-3-2-17(7-12(13)18)14(19)11-5-10(11)9-1-4-22-8-9/h1,4,6,8,10-11H,2-3,5,7H2,(H2,15,20,21)/t10-,11+/m0/s1. The largest absolute Gasteiger partial charge is 0.335 e. The molecule has 2 N–H and O–H groups in total. The molecule has 23 heavy (non-hydrogen) atoms. The topological polar surface area (TPSA) is 98.3 Å². The van der Waals surface area contributed by atoms with Gasteiger partial charge < -0.3 is 4.90 Å². The minimum absolute atomic E-state index is 0.0111. The Morgan fingerprint density at radius 3 is 2.91 bits per heavy atom. The number of hydrogen-bond donors (Lipinski definition) is 1. The van der Waals surface area contributed by atoms with Crippen molar-refractivity contribution in [1.29, 1.82) is 0 Å². The lowest BCUT2D eigenvalue weighted by molar-refractivity contribution is -0.134. The van der Waals surface area contributed by atoms with E-state index >= 15 is 0 Å². The fourth-order valence-corrected chi connectivity index (χ4v) is 4.62. The molecule has 2 aromatic heterocycles. The molecule has 0 bridgehead atoms. The van der Waals surface area contributed by atoms with E-state index in [0.29, 0.717) is 24.7 Å². The molecule has 2 atom stereocenters. The number of rotatable bonds is 3. The van der Waals surface area contributed by atoms with Gasteiger partial charge in [-0.3, -0.25) is 9.48 Å². The van der Waals surface area contributed by atoms with Crippen molar-refractivity contribution in [2.75, 3.05) is 6.54 Å². The minimum atomic E-state index is -3.82. The number of nitrogens with zero attached hydrogens (tertiary/aromatic N) is 3. The van der Waals surface area contributed by atoms with Crippen molar-refractivity contribution in [2.24, 2.45) is 11.1 Å². The van der Waals surface area contributed by atoms with Gasteiger partial charge in [-0.2, -0.15) is 16.4 Å². The number of amides is 1. The van der Waals surface area contributed by atoms with Crippen LogP contribution in [0.1, 0.15) is 23.6 Å². The molecule has 9 heteroatoms. The third-order valence-corrected chi connectivity index (χ3v) is 6.19. The summed E-state index contributed by atoms with van der Waals surface area (Å²) in [6, 6.07) is 2.06. The second-order valence-corrected chi connectivity index (χ2v) is 8.30. The number of aromatic nitrogens is 2. The molecule has 2 aliphatic rings. The first kappa shape index (κ1) is 14.9. The fourth-order valence-electron chi connectivity index (χ4n) is 3.20. The molecule has 3 heterocycles. The third-order valence-electron chi connectivity index (χ3n) is 4.53. The van der Waals surface area contributed by atoms with Gasteiger partial charge >= 0.3 is 0 Å². The van der Waals surface area contributed by atoms with E-state index in [0.717, 1.165) is 6.42 Å². The molecule has 1 saturated carbocycles. The number of sulfonamides is 1. The Balaban J connectivity index is 1.52. The molecule has 1 amide bonds. The molecule has 1 aliphatic carbocycles. The van der Waals surface area contributed by atoms with Gasteiger partial charge in [-0.15, -0.1) is 0 Å². The van der Waals surface area contributed by atoms with Crippen LogP contribution in [0.5, 0.6) is 0 Å². The lowest BCUT2D eigenvalue weighted by atomic mass is 10.1. The Labute approximate surface area is 137 Å². The quantitative estimate of drug-likeness (QED) is 0.881. The molecule has 0 saturated heterocycles. The molecule has 1 fully saturated rings. The molecule has 7 nitrogen and oxygen atoms in total. The maximum Gasteiger partial charge on any atom is 0.241 e. The summed E-state index contributed by atoms with van der Waals surface area (Å²) < 4.78 is 24.9. The molecule has 0 aromatic carbocycles. The van der Waals surface area contributed by atoms with Crippen LogP contribution < -0.4 is 5.14 Å². The summed E-state index contributed by atoms with van der Waals surface area (Å²) in [5, 5.41) is 13.4. The van der Waals surface area contributed by atoms with Crippen LogP contribution in [0.4, 0.5) is 0 Å². The van der Waals surface area contributed by atoms with Crippen LogP contribution in [0.15, 0.2) is 27.9 Å². The minimum Gasteiger partial charge on any atom is -0.335 e. The van der Waals surface area contributed by atoms with Gasteiger partial charge in [0.05, 0.1) is 25.0 Å². The van der Waals surface area contributed by atoms with Crippen LogP contribution >= 0.6 is 11.3 Å². The van der Waals surface area contributed by atoms with Crippen LogP contribution in [-0.4, -0.2) is 35.6 Å². The highest BCUT2D eigenvalue weighted by Gasteiger charge is 2.46. The molecule has 0 unspecified atom stereocenters. The SMILES string of the molecule is NS(=O)(=O)c1cnn2c1CN(C(=O)[C@@H]1C[C@H]1c1ccsc1)CC2. The average Bonchev–Trinajstić information content (AvgIpc) is 2.95. The summed E-state index contributed by atoms with van der Waals surface area (Å²) in [5.41, 5.74) is 1.72. The van der Waals surface area contributed by atoms with Gasteiger partial charge in [0.25, 0.3) is 0 Å². The summed E-state index contributed by atoms with van der Waals surface area (Å²) in [7, 11) is -3.82. The zero-order chi connectivity index (χ0) is 16.2. The number of nitrogens with two attached hydrogens (primary N) is 1. The van der Waals surface area contributed by atoms with Gasteiger partial charge in [0.1, 0.15) is 4.90 Å². The van der Waals surface area contributed by atoms with Crippen LogP contribution in [0.3, 0.4) is 0 Å². The molecule has 1 aliphatic heterocycles. The lowest BCUT2D eigenvalue weighted by Gasteiger charge is -2.28. The van der Waals surface area contributed by atoms with Crippen LogP contribution in [0.2, 0.25) is 0 Å². The first-order valence-electron chi connectivity index (χ1n) is 7.33. The maximum atomic E-state index is 12.7. The Bertz CT molecular complexity index is 857. The fraction of sp³-hybridized carbons (Fsp3) is 0.429. The number of primary sulfonamides is 1. The average molecular weight is 352 g/mol. The van der Waals surface area contributed by atoms with Crippen molar-refractivity contribution in [2.45, 2.75) is 30.3 Å². The molecule has 4 rings (SSSR count). The van der Waals surface area contributed by atoms with Gasteiger partial charge in [-0.05, 0) is 34.7 Å². The predicted octanol–water partition coefficient (Wildman–Crippen LogP) is 0.738. The predicted molar refractivity (Wildman–Crippen MR) is 84.2 cm³/mol. The van der Waals surface area contributed by atoms with Crippen molar-refractivity contribution in [3.63, 3.8) is 0 Å². The summed E-state index contributed by atoms with van der Waals surface area (Å²) >= 11 is 1.64. The highest BCUT2D eigenvalue weighted by atomic mass is 32.2. The molecule has 0 radical (unpaired) electrons. The van der Waals surface area contributed by atoms with E-state index in [9.17, 15) is 13.2 Å². The molecule has 122 valence electrons. The molecular formula is C14H16N4O3S2. The number of thiophene rings is 1. The van der Waals surface area contributed by atoms with E-state index < -0.39 is 10.0 Å². The van der Waals surface area contributed by atoms with E-state index in [2.05, 4.69) is 16.5 Å². The number of carbonyl (C=O) groups is 1. The summed E-state index contributed by atoms with van der Waals surface area (Å²) in [5.74, 6) is 0.407. The van der Waals surface area contributed by atoms with Crippen molar-refractivity contribution in [3.05, 3.63) is 34.3 Å². The van der Waals surface area contributed by atoms with Crippen LogP contribution in [0, 0.1) is 5.92 Å². The third kappa shape index (κ3) is 2.58. The van der Waals surface area contributed by atoms with Crippen molar-refractivity contribution in [1.82, 2.24) is 14.7 Å². The normalized spacial score (nSPS) is 23.6. The van der Waals surface area contributed by atoms with Gasteiger partial charge in [-0.25, -0.2) is 13.6 Å². The number of carbonyl (C=O) groups excluding carboxylic acids is 1. The van der Waals surface area contributed by atoms with Crippen molar-refractivity contribution in [3.8, 4) is 0 Å². The summed E-state index contributed by atoms with van der Waals surface area (Å²) in [6.45, 7) is 1.29. The zero-order valence-corrected chi connectivity index (χ0v) is 13.9. The van der Waals surface area contributed by atoms with Crippen molar-refractivity contribution >= 4 is 27.3 Å². The zero-order valence-electron chi connectivity index (χ0n) is 12.3. The maximum absolute atomic E-state index is 12.7. The second-order valence-electron chi connectivity index (χ2n) is 5.99. The summed E-state index contributed by atoms with van der Waals surface area (Å²) in [6.07, 6.45) is 2.14. The van der Waals surface area contributed by atoms with E-state index in [1.807, 2.05) is 5.38 Å². The van der Waals surface area contributed by atoms with Crippen molar-refractivity contribution < 1.29 is 13.2 Å². The van der Waals surface area contributed by atoms with Gasteiger partial charge in [0.2, 0.25) is 15.9 Å². The highest BCUT2D eigenvalue weighted by molar-refractivity contribution is 7.89. The van der Waals surface area contributed by atoms with Crippen LogP contribution in [-0.2, 0) is 27.9 Å². The Morgan fingerprint density at radius 2 is 2.22 bits per heavy atom. The molecule has 0 spiro atoms. The lowest BCUT2D eigenvalue weighted by Crippen LogP contribution is -2.40. The molecular weight excluding hydrogens is 336 g/mol. The summed E-state index contributed by atoms with van der Waals surface area (Å²) in [4.78, 5) is 14.4. The number of fused-ring (bicyclic) bond motifs is 1. The number of hydrogen-bond acceptors (Lipinski definition) is 5. The van der Waals surface area contributed by atoms with Crippen LogP contribution in [0.25, 0.3) is 0 Å².